The molecule has 1 N–H and O–H groups in total. The van der Waals surface area contributed by atoms with Crippen LogP contribution in [0, 0.1) is 0 Å². The number of likely N-dealkylation sites (tertiary alicyclic amines) is 1. The van der Waals surface area contributed by atoms with Gasteiger partial charge in [-0.25, -0.2) is 0 Å². The first-order valence-corrected chi connectivity index (χ1v) is 8.68. The number of aromatic nitrogens is 2. The Morgan fingerprint density at radius 3 is 2.69 bits per heavy atom. The normalized spacial score (nSPS) is 17.3. The minimum Gasteiger partial charge on any atom is -0.391 e. The lowest BCUT2D eigenvalue weighted by atomic mass is 10.0. The van der Waals surface area contributed by atoms with E-state index in [0.717, 1.165) is 18.4 Å². The van der Waals surface area contributed by atoms with E-state index < -0.39 is 6.10 Å². The van der Waals surface area contributed by atoms with Crippen LogP contribution in [0.5, 0.6) is 0 Å². The zero-order valence-corrected chi connectivity index (χ0v) is 14.2. The smallest absolute Gasteiger partial charge is 0.259 e. The Kier molecular flexibility index (Phi) is 4.50. The van der Waals surface area contributed by atoms with Gasteiger partial charge in [-0.2, -0.15) is 4.98 Å². The molecule has 1 unspecified atom stereocenters. The first-order valence-electron chi connectivity index (χ1n) is 8.68. The summed E-state index contributed by atoms with van der Waals surface area (Å²) in [7, 11) is 0. The molecule has 0 saturated carbocycles. The maximum Gasteiger partial charge on any atom is 0.259 e. The lowest BCUT2D eigenvalue weighted by Gasteiger charge is -2.30. The molecule has 1 aliphatic rings. The number of piperidine rings is 1. The van der Waals surface area contributed by atoms with Gasteiger partial charge in [0, 0.05) is 18.7 Å². The minimum atomic E-state index is -0.465. The number of amides is 1. The van der Waals surface area contributed by atoms with Crippen LogP contribution in [0.15, 0.2) is 59.1 Å². The van der Waals surface area contributed by atoms with Gasteiger partial charge in [0.25, 0.3) is 11.8 Å². The van der Waals surface area contributed by atoms with Gasteiger partial charge in [0.15, 0.2) is 0 Å². The first kappa shape index (κ1) is 16.5. The summed E-state index contributed by atoms with van der Waals surface area (Å²) in [5.41, 5.74) is 1.96. The van der Waals surface area contributed by atoms with Crippen LogP contribution in [-0.2, 0) is 0 Å². The number of carbonyl (C=O) groups excluding carboxylic acids is 1. The highest BCUT2D eigenvalue weighted by molar-refractivity contribution is 6.00. The molecule has 1 saturated heterocycles. The number of aliphatic hydroxyl groups excluding tert-OH is 1. The quantitative estimate of drug-likeness (QED) is 0.786. The lowest BCUT2D eigenvalue weighted by molar-refractivity contribution is 0.0474. The Hall–Kier alpha value is -2.99. The van der Waals surface area contributed by atoms with Crippen molar-refractivity contribution in [3.8, 4) is 22.8 Å². The molecule has 2 heterocycles. The van der Waals surface area contributed by atoms with Gasteiger partial charge < -0.3 is 14.5 Å². The number of hydrogen-bond acceptors (Lipinski definition) is 5. The molecule has 1 aromatic heterocycles. The number of hydrogen-bond donors (Lipinski definition) is 1. The summed E-state index contributed by atoms with van der Waals surface area (Å²) in [4.78, 5) is 19.1. The summed E-state index contributed by atoms with van der Waals surface area (Å²) < 4.78 is 5.42. The molecule has 3 aromatic rings. The van der Waals surface area contributed by atoms with E-state index >= 15 is 0 Å². The van der Waals surface area contributed by atoms with E-state index in [-0.39, 0.29) is 5.91 Å². The van der Waals surface area contributed by atoms with Crippen molar-refractivity contribution in [2.24, 2.45) is 0 Å². The third-order valence-electron chi connectivity index (χ3n) is 4.53. The third kappa shape index (κ3) is 3.23. The second-order valence-electron chi connectivity index (χ2n) is 6.38. The zero-order chi connectivity index (χ0) is 17.9. The summed E-state index contributed by atoms with van der Waals surface area (Å²) in [5.74, 6) is 0.667. The SMILES string of the molecule is O=C(c1ccccc1-c1nc(-c2ccccc2)no1)N1CCCC(O)C1. The van der Waals surface area contributed by atoms with Crippen molar-refractivity contribution in [2.45, 2.75) is 18.9 Å². The first-order chi connectivity index (χ1) is 12.7. The molecule has 1 amide bonds. The van der Waals surface area contributed by atoms with Gasteiger partial charge in [0.2, 0.25) is 5.82 Å². The fourth-order valence-corrected chi connectivity index (χ4v) is 3.20. The number of β-amino-alcohol motifs (C(OH)–C–C–N with tert-alkyl or cyclic N) is 1. The monoisotopic (exact) mass is 349 g/mol. The van der Waals surface area contributed by atoms with E-state index in [4.69, 9.17) is 4.52 Å². The summed E-state index contributed by atoms with van der Waals surface area (Å²) in [6.07, 6.45) is 1.07. The molecule has 6 heteroatoms. The Labute approximate surface area is 151 Å². The highest BCUT2D eigenvalue weighted by Gasteiger charge is 2.26. The molecular formula is C20H19N3O3. The predicted molar refractivity (Wildman–Crippen MR) is 96.3 cm³/mol. The molecule has 2 aromatic carbocycles. The molecule has 26 heavy (non-hydrogen) atoms. The molecule has 0 bridgehead atoms. The minimum absolute atomic E-state index is 0.126. The molecule has 1 aliphatic heterocycles. The van der Waals surface area contributed by atoms with Gasteiger partial charge in [0.1, 0.15) is 0 Å². The van der Waals surface area contributed by atoms with Gasteiger partial charge in [-0.3, -0.25) is 4.79 Å². The van der Waals surface area contributed by atoms with E-state index in [9.17, 15) is 9.90 Å². The second kappa shape index (κ2) is 7.09. The maximum atomic E-state index is 12.9. The summed E-state index contributed by atoms with van der Waals surface area (Å²) in [6.45, 7) is 0.996. The van der Waals surface area contributed by atoms with Gasteiger partial charge in [0.05, 0.1) is 17.2 Å². The molecular weight excluding hydrogens is 330 g/mol. The van der Waals surface area contributed by atoms with Gasteiger partial charge in [-0.1, -0.05) is 47.6 Å². The van der Waals surface area contributed by atoms with Crippen molar-refractivity contribution in [2.75, 3.05) is 13.1 Å². The predicted octanol–water partition coefficient (Wildman–Crippen LogP) is 3.00. The molecule has 132 valence electrons. The van der Waals surface area contributed by atoms with Gasteiger partial charge in [-0.05, 0) is 25.0 Å². The van der Waals surface area contributed by atoms with Crippen LogP contribution < -0.4 is 0 Å². The zero-order valence-electron chi connectivity index (χ0n) is 14.2. The summed E-state index contributed by atoms with van der Waals surface area (Å²) >= 11 is 0. The largest absolute Gasteiger partial charge is 0.391 e. The number of aliphatic hydroxyl groups is 1. The van der Waals surface area contributed by atoms with Crippen LogP contribution >= 0.6 is 0 Å². The average Bonchev–Trinajstić information content (AvgIpc) is 3.18. The van der Waals surface area contributed by atoms with E-state index in [0.29, 0.717) is 35.9 Å². The van der Waals surface area contributed by atoms with E-state index in [1.54, 1.807) is 17.0 Å². The summed E-state index contributed by atoms with van der Waals surface area (Å²) in [5, 5.41) is 13.9. The molecule has 0 radical (unpaired) electrons. The van der Waals surface area contributed by atoms with Crippen LogP contribution in [0.25, 0.3) is 22.8 Å². The highest BCUT2D eigenvalue weighted by Crippen LogP contribution is 2.26. The van der Waals surface area contributed by atoms with Crippen molar-refractivity contribution >= 4 is 5.91 Å². The molecule has 0 aliphatic carbocycles. The van der Waals surface area contributed by atoms with Crippen molar-refractivity contribution in [1.82, 2.24) is 15.0 Å². The van der Waals surface area contributed by atoms with E-state index in [1.807, 2.05) is 42.5 Å². The summed E-state index contributed by atoms with van der Waals surface area (Å²) in [6, 6.07) is 16.7. The van der Waals surface area contributed by atoms with Crippen molar-refractivity contribution in [1.29, 1.82) is 0 Å². The van der Waals surface area contributed by atoms with Crippen molar-refractivity contribution in [3.05, 3.63) is 60.2 Å². The number of nitrogens with zero attached hydrogens (tertiary/aromatic N) is 3. The highest BCUT2D eigenvalue weighted by atomic mass is 16.5. The molecule has 1 atom stereocenters. The average molecular weight is 349 g/mol. The third-order valence-corrected chi connectivity index (χ3v) is 4.53. The fraction of sp³-hybridized carbons (Fsp3) is 0.250. The van der Waals surface area contributed by atoms with Crippen LogP contribution in [0.3, 0.4) is 0 Å². The standard InChI is InChI=1S/C20H19N3O3/c24-15-9-6-12-23(13-15)20(25)17-11-5-4-10-16(17)19-21-18(22-26-19)14-7-2-1-3-8-14/h1-5,7-8,10-11,15,24H,6,9,12-13H2. The maximum absolute atomic E-state index is 12.9. The second-order valence-corrected chi connectivity index (χ2v) is 6.38. The van der Waals surface area contributed by atoms with Crippen molar-refractivity contribution in [3.63, 3.8) is 0 Å². The Bertz CT molecular complexity index is 907. The number of rotatable bonds is 3. The van der Waals surface area contributed by atoms with Gasteiger partial charge in [-0.15, -0.1) is 0 Å². The van der Waals surface area contributed by atoms with Crippen LogP contribution in [0.2, 0.25) is 0 Å². The Morgan fingerprint density at radius 1 is 1.12 bits per heavy atom. The molecule has 0 spiro atoms. The fourth-order valence-electron chi connectivity index (χ4n) is 3.20. The van der Waals surface area contributed by atoms with Crippen molar-refractivity contribution < 1.29 is 14.4 Å². The topological polar surface area (TPSA) is 79.5 Å². The van der Waals surface area contributed by atoms with Gasteiger partial charge >= 0.3 is 0 Å². The molecule has 1 fully saturated rings. The van der Waals surface area contributed by atoms with E-state index in [1.165, 1.54) is 0 Å². The lowest BCUT2D eigenvalue weighted by Crippen LogP contribution is -2.42. The Morgan fingerprint density at radius 2 is 1.88 bits per heavy atom. The van der Waals surface area contributed by atoms with E-state index in [2.05, 4.69) is 10.1 Å². The van der Waals surface area contributed by atoms with Crippen LogP contribution in [-0.4, -0.2) is 45.2 Å². The van der Waals surface area contributed by atoms with Crippen LogP contribution in [0.1, 0.15) is 23.2 Å². The molecule has 4 rings (SSSR count). The van der Waals surface area contributed by atoms with Crippen LogP contribution in [0.4, 0.5) is 0 Å². The Balaban J connectivity index is 1.66. The number of benzene rings is 2. The molecule has 6 nitrogen and oxygen atoms in total. The number of carbonyl (C=O) groups is 1.